The van der Waals surface area contributed by atoms with Crippen molar-refractivity contribution in [2.45, 2.75) is 0 Å². The Bertz CT molecular complexity index is 3240. The minimum Gasteiger partial charge on any atom is -0.455 e. The molecule has 0 unspecified atom stereocenters. The average molecular weight is 719 g/mol. The molecule has 0 aliphatic rings. The molecule has 0 aliphatic carbocycles. The van der Waals surface area contributed by atoms with Crippen molar-refractivity contribution in [1.29, 1.82) is 0 Å². The van der Waals surface area contributed by atoms with E-state index in [2.05, 4.69) is 102 Å². The Labute approximate surface area is 321 Å². The van der Waals surface area contributed by atoms with Gasteiger partial charge in [-0.25, -0.2) is 15.0 Å². The Morgan fingerprint density at radius 1 is 0.321 bits per heavy atom. The summed E-state index contributed by atoms with van der Waals surface area (Å²) in [7, 11) is 0. The molecule has 4 aromatic heterocycles. The summed E-state index contributed by atoms with van der Waals surface area (Å²) in [6.45, 7) is 0. The summed E-state index contributed by atoms with van der Waals surface area (Å²) < 4.78 is 13.2. The summed E-state index contributed by atoms with van der Waals surface area (Å²) in [5.41, 5.74) is 12.2. The van der Waals surface area contributed by atoms with Gasteiger partial charge >= 0.3 is 0 Å². The average Bonchev–Trinajstić information content (AvgIpc) is 3.86. The van der Waals surface area contributed by atoms with Gasteiger partial charge in [0.1, 0.15) is 22.3 Å². The molecule has 11 rings (SSSR count). The van der Waals surface area contributed by atoms with Gasteiger partial charge in [-0.3, -0.25) is 4.98 Å². The maximum absolute atomic E-state index is 6.70. The fraction of sp³-hybridized carbons (Fsp3) is 0. The van der Waals surface area contributed by atoms with E-state index in [0.717, 1.165) is 93.9 Å². The second kappa shape index (κ2) is 13.0. The van der Waals surface area contributed by atoms with E-state index >= 15 is 0 Å². The highest BCUT2D eigenvalue weighted by Gasteiger charge is 2.21. The standard InChI is InChI=1S/C50H30N4O2/c1-2-12-32(13-3-1)48-52-49(54-50(53-48)41-17-5-4-15-35(41)34-14-11-29-51-30-34)33-25-23-31(24-26-33)36-27-28-38(45-42-18-7-9-22-44(42)56-47(36)45)40-20-10-19-39-37-16-6-8-21-43(37)55-46(39)40/h1-30H. The van der Waals surface area contributed by atoms with Crippen molar-refractivity contribution in [1.82, 2.24) is 19.9 Å². The SMILES string of the molecule is c1ccc(-c2nc(-c3ccc(-c4ccc(-c5cccc6c5oc5ccccc56)c5c4oc4ccccc45)cc3)nc(-c3ccccc3-c3cccnc3)n2)cc1. The number of fused-ring (bicyclic) bond motifs is 6. The number of aromatic nitrogens is 4. The molecule has 7 aromatic carbocycles. The molecule has 4 heterocycles. The van der Waals surface area contributed by atoms with E-state index in [1.165, 1.54) is 0 Å². The lowest BCUT2D eigenvalue weighted by molar-refractivity contribution is 0.669. The largest absolute Gasteiger partial charge is 0.455 e. The summed E-state index contributed by atoms with van der Waals surface area (Å²) in [5, 5.41) is 4.31. The number of hydrogen-bond donors (Lipinski definition) is 0. The smallest absolute Gasteiger partial charge is 0.164 e. The molecule has 0 atom stereocenters. The van der Waals surface area contributed by atoms with Gasteiger partial charge in [0.05, 0.1) is 0 Å². The van der Waals surface area contributed by atoms with Crippen LogP contribution < -0.4 is 0 Å². The normalized spacial score (nSPS) is 11.6. The minimum atomic E-state index is 0.588. The molecule has 11 aromatic rings. The third-order valence-corrected chi connectivity index (χ3v) is 10.5. The molecule has 6 nitrogen and oxygen atoms in total. The summed E-state index contributed by atoms with van der Waals surface area (Å²) in [4.78, 5) is 19.5. The van der Waals surface area contributed by atoms with Crippen LogP contribution in [0, 0.1) is 0 Å². The Balaban J connectivity index is 1.05. The van der Waals surface area contributed by atoms with Crippen LogP contribution in [-0.4, -0.2) is 19.9 Å². The molecule has 262 valence electrons. The van der Waals surface area contributed by atoms with Crippen LogP contribution in [0.15, 0.2) is 191 Å². The van der Waals surface area contributed by atoms with Gasteiger partial charge in [0, 0.05) is 67.3 Å². The van der Waals surface area contributed by atoms with Crippen LogP contribution in [0.3, 0.4) is 0 Å². The maximum atomic E-state index is 6.70. The summed E-state index contributed by atoms with van der Waals surface area (Å²) >= 11 is 0. The number of benzene rings is 7. The van der Waals surface area contributed by atoms with Crippen molar-refractivity contribution >= 4 is 43.9 Å². The van der Waals surface area contributed by atoms with Gasteiger partial charge in [0.15, 0.2) is 17.5 Å². The fourth-order valence-corrected chi connectivity index (χ4v) is 7.83. The molecule has 0 saturated carbocycles. The van der Waals surface area contributed by atoms with Crippen LogP contribution in [0.5, 0.6) is 0 Å². The van der Waals surface area contributed by atoms with E-state index < -0.39 is 0 Å². The first-order chi connectivity index (χ1) is 27.8. The molecule has 0 aliphatic heterocycles. The maximum Gasteiger partial charge on any atom is 0.164 e. The predicted octanol–water partition coefficient (Wildman–Crippen LogP) is 13.1. The summed E-state index contributed by atoms with van der Waals surface area (Å²) in [6, 6.07) is 57.7. The zero-order valence-corrected chi connectivity index (χ0v) is 29.9. The van der Waals surface area contributed by atoms with E-state index in [1.54, 1.807) is 6.20 Å². The van der Waals surface area contributed by atoms with Crippen LogP contribution in [0.4, 0.5) is 0 Å². The first kappa shape index (κ1) is 31.8. The topological polar surface area (TPSA) is 77.8 Å². The van der Waals surface area contributed by atoms with Gasteiger partial charge in [-0.15, -0.1) is 0 Å². The number of nitrogens with zero attached hydrogens (tertiary/aromatic N) is 4. The van der Waals surface area contributed by atoms with Crippen molar-refractivity contribution < 1.29 is 8.83 Å². The number of furan rings is 2. The van der Waals surface area contributed by atoms with Crippen LogP contribution in [0.2, 0.25) is 0 Å². The van der Waals surface area contributed by atoms with Gasteiger partial charge in [0.25, 0.3) is 0 Å². The van der Waals surface area contributed by atoms with Crippen molar-refractivity contribution in [3.8, 4) is 67.5 Å². The van der Waals surface area contributed by atoms with Crippen molar-refractivity contribution in [3.63, 3.8) is 0 Å². The molecular weight excluding hydrogens is 689 g/mol. The van der Waals surface area contributed by atoms with Gasteiger partial charge in [-0.1, -0.05) is 146 Å². The van der Waals surface area contributed by atoms with E-state index in [-0.39, 0.29) is 0 Å². The highest BCUT2D eigenvalue weighted by molar-refractivity contribution is 6.19. The molecule has 0 spiro atoms. The van der Waals surface area contributed by atoms with E-state index in [9.17, 15) is 0 Å². The van der Waals surface area contributed by atoms with Crippen molar-refractivity contribution in [3.05, 3.63) is 182 Å². The second-order valence-corrected chi connectivity index (χ2v) is 13.8. The minimum absolute atomic E-state index is 0.588. The molecule has 0 fully saturated rings. The molecule has 0 bridgehead atoms. The summed E-state index contributed by atoms with van der Waals surface area (Å²) in [6.07, 6.45) is 3.64. The van der Waals surface area contributed by atoms with Gasteiger partial charge in [0.2, 0.25) is 0 Å². The molecule has 6 heteroatoms. The Morgan fingerprint density at radius 2 is 0.893 bits per heavy atom. The van der Waals surface area contributed by atoms with Gasteiger partial charge < -0.3 is 8.83 Å². The van der Waals surface area contributed by atoms with Crippen LogP contribution in [-0.2, 0) is 0 Å². The fourth-order valence-electron chi connectivity index (χ4n) is 7.83. The lowest BCUT2D eigenvalue weighted by Crippen LogP contribution is -2.01. The predicted molar refractivity (Wildman–Crippen MR) is 225 cm³/mol. The van der Waals surface area contributed by atoms with Crippen molar-refractivity contribution in [2.75, 3.05) is 0 Å². The summed E-state index contributed by atoms with van der Waals surface area (Å²) in [5.74, 6) is 1.79. The van der Waals surface area contributed by atoms with Crippen LogP contribution in [0.25, 0.3) is 111 Å². The highest BCUT2D eigenvalue weighted by atomic mass is 16.3. The van der Waals surface area contributed by atoms with E-state index in [1.807, 2.05) is 79.0 Å². The second-order valence-electron chi connectivity index (χ2n) is 13.8. The first-order valence-corrected chi connectivity index (χ1v) is 18.5. The highest BCUT2D eigenvalue weighted by Crippen LogP contribution is 2.45. The zero-order chi connectivity index (χ0) is 37.0. The van der Waals surface area contributed by atoms with E-state index in [4.69, 9.17) is 23.8 Å². The molecule has 56 heavy (non-hydrogen) atoms. The van der Waals surface area contributed by atoms with Crippen molar-refractivity contribution in [2.24, 2.45) is 0 Å². The van der Waals surface area contributed by atoms with Gasteiger partial charge in [-0.2, -0.15) is 0 Å². The molecule has 0 radical (unpaired) electrons. The Kier molecular flexibility index (Phi) is 7.38. The zero-order valence-electron chi connectivity index (χ0n) is 29.9. The third kappa shape index (κ3) is 5.27. The molecule has 0 saturated heterocycles. The lowest BCUT2D eigenvalue weighted by atomic mass is 9.93. The quantitative estimate of drug-likeness (QED) is 0.170. The lowest BCUT2D eigenvalue weighted by Gasteiger charge is -2.12. The number of para-hydroxylation sites is 3. The number of pyridine rings is 1. The molecule has 0 amide bonds. The number of hydrogen-bond acceptors (Lipinski definition) is 6. The first-order valence-electron chi connectivity index (χ1n) is 18.5. The van der Waals surface area contributed by atoms with Crippen LogP contribution >= 0.6 is 0 Å². The van der Waals surface area contributed by atoms with E-state index in [0.29, 0.717) is 17.5 Å². The monoisotopic (exact) mass is 718 g/mol. The Hall–Kier alpha value is -7.70. The van der Waals surface area contributed by atoms with Gasteiger partial charge in [-0.05, 0) is 41.0 Å². The Morgan fingerprint density at radius 3 is 1.68 bits per heavy atom. The third-order valence-electron chi connectivity index (χ3n) is 10.5. The number of rotatable bonds is 6. The molecule has 0 N–H and O–H groups in total. The molecular formula is C50H30N4O2. The van der Waals surface area contributed by atoms with Crippen LogP contribution in [0.1, 0.15) is 0 Å².